The highest BCUT2D eigenvalue weighted by Crippen LogP contribution is 2.19. The maximum atomic E-state index is 11.9. The van der Waals surface area contributed by atoms with E-state index < -0.39 is 10.0 Å². The first kappa shape index (κ1) is 15.0. The van der Waals surface area contributed by atoms with Crippen molar-refractivity contribution in [1.29, 1.82) is 0 Å². The van der Waals surface area contributed by atoms with Gasteiger partial charge in [-0.1, -0.05) is 11.3 Å². The van der Waals surface area contributed by atoms with Gasteiger partial charge in [0.15, 0.2) is 0 Å². The second kappa shape index (κ2) is 6.39. The van der Waals surface area contributed by atoms with Crippen LogP contribution in [-0.2, 0) is 16.4 Å². The third kappa shape index (κ3) is 4.63. The molecule has 2 rings (SSSR count). The van der Waals surface area contributed by atoms with Crippen LogP contribution in [0.25, 0.3) is 0 Å². The second-order valence-corrected chi connectivity index (χ2v) is 7.72. The van der Waals surface area contributed by atoms with Crippen LogP contribution in [0.3, 0.4) is 0 Å². The predicted octanol–water partition coefficient (Wildman–Crippen LogP) is 0.944. The highest BCUT2D eigenvalue weighted by molar-refractivity contribution is 7.88. The molecular formula is C10H12N4O3S3. The van der Waals surface area contributed by atoms with Crippen molar-refractivity contribution in [3.8, 4) is 0 Å². The van der Waals surface area contributed by atoms with Gasteiger partial charge in [0.25, 0.3) is 5.91 Å². The SMILES string of the molecule is CS(=O)(=O)NCCc1ccc(C(=O)Nc2nncs2)s1. The van der Waals surface area contributed by atoms with Gasteiger partial charge >= 0.3 is 0 Å². The maximum Gasteiger partial charge on any atom is 0.267 e. The summed E-state index contributed by atoms with van der Waals surface area (Å²) in [5, 5.41) is 10.4. The van der Waals surface area contributed by atoms with E-state index in [1.54, 1.807) is 6.07 Å². The molecule has 0 spiro atoms. The number of anilines is 1. The zero-order valence-electron chi connectivity index (χ0n) is 10.5. The first-order valence-electron chi connectivity index (χ1n) is 5.55. The summed E-state index contributed by atoms with van der Waals surface area (Å²) in [5.74, 6) is -0.242. The van der Waals surface area contributed by atoms with Gasteiger partial charge in [0.1, 0.15) is 5.51 Å². The van der Waals surface area contributed by atoms with E-state index >= 15 is 0 Å². The molecule has 2 aromatic rings. The van der Waals surface area contributed by atoms with Crippen molar-refractivity contribution in [2.45, 2.75) is 6.42 Å². The fourth-order valence-electron chi connectivity index (χ4n) is 1.38. The molecule has 1 amide bonds. The van der Waals surface area contributed by atoms with Gasteiger partial charge in [-0.25, -0.2) is 13.1 Å². The van der Waals surface area contributed by atoms with Crippen molar-refractivity contribution < 1.29 is 13.2 Å². The fraction of sp³-hybridized carbons (Fsp3) is 0.300. The molecule has 7 nitrogen and oxygen atoms in total. The van der Waals surface area contributed by atoms with Crippen molar-refractivity contribution in [1.82, 2.24) is 14.9 Å². The van der Waals surface area contributed by atoms with Crippen molar-refractivity contribution in [3.63, 3.8) is 0 Å². The van der Waals surface area contributed by atoms with Crippen LogP contribution in [0.15, 0.2) is 17.6 Å². The molecule has 0 unspecified atom stereocenters. The molecule has 0 atom stereocenters. The van der Waals surface area contributed by atoms with Crippen LogP contribution in [0.5, 0.6) is 0 Å². The summed E-state index contributed by atoms with van der Waals surface area (Å²) in [7, 11) is -3.18. The average Bonchev–Trinajstić information content (AvgIpc) is 2.98. The van der Waals surface area contributed by atoms with Crippen LogP contribution in [-0.4, -0.2) is 37.3 Å². The van der Waals surface area contributed by atoms with Crippen LogP contribution in [0.2, 0.25) is 0 Å². The van der Waals surface area contributed by atoms with E-state index in [9.17, 15) is 13.2 Å². The minimum atomic E-state index is -3.18. The maximum absolute atomic E-state index is 11.9. The quantitative estimate of drug-likeness (QED) is 0.820. The van der Waals surface area contributed by atoms with Gasteiger partial charge in [-0.3, -0.25) is 10.1 Å². The summed E-state index contributed by atoms with van der Waals surface area (Å²) in [5.41, 5.74) is 1.53. The zero-order chi connectivity index (χ0) is 14.6. The van der Waals surface area contributed by atoms with E-state index in [1.165, 1.54) is 28.2 Å². The van der Waals surface area contributed by atoms with E-state index in [0.717, 1.165) is 11.1 Å². The van der Waals surface area contributed by atoms with Crippen LogP contribution in [0.4, 0.5) is 5.13 Å². The number of amides is 1. The third-order valence-corrected chi connectivity index (χ3v) is 4.68. The number of carbonyl (C=O) groups excluding carboxylic acids is 1. The zero-order valence-corrected chi connectivity index (χ0v) is 12.9. The molecule has 2 N–H and O–H groups in total. The molecule has 0 radical (unpaired) electrons. The Labute approximate surface area is 124 Å². The summed E-state index contributed by atoms with van der Waals surface area (Å²) < 4.78 is 24.3. The Balaban J connectivity index is 1.90. The number of rotatable bonds is 6. The lowest BCUT2D eigenvalue weighted by Gasteiger charge is -2.00. The second-order valence-electron chi connectivity index (χ2n) is 3.88. The number of aromatic nitrogens is 2. The molecule has 0 aliphatic carbocycles. The smallest absolute Gasteiger partial charge is 0.267 e. The Hall–Kier alpha value is -1.36. The largest absolute Gasteiger partial charge is 0.296 e. The van der Waals surface area contributed by atoms with Gasteiger partial charge in [-0.15, -0.1) is 21.5 Å². The minimum absolute atomic E-state index is 0.242. The van der Waals surface area contributed by atoms with Gasteiger partial charge in [-0.2, -0.15) is 0 Å². The van der Waals surface area contributed by atoms with E-state index in [1.807, 2.05) is 6.07 Å². The average molecular weight is 332 g/mol. The highest BCUT2D eigenvalue weighted by atomic mass is 32.2. The highest BCUT2D eigenvalue weighted by Gasteiger charge is 2.11. The molecule has 0 fully saturated rings. The topological polar surface area (TPSA) is 101 Å². The number of sulfonamides is 1. The van der Waals surface area contributed by atoms with Crippen LogP contribution in [0, 0.1) is 0 Å². The van der Waals surface area contributed by atoms with Crippen LogP contribution < -0.4 is 10.0 Å². The Kier molecular flexibility index (Phi) is 4.81. The van der Waals surface area contributed by atoms with Crippen molar-refractivity contribution in [2.75, 3.05) is 18.1 Å². The Morgan fingerprint density at radius 1 is 1.40 bits per heavy atom. The molecule has 0 aliphatic rings. The van der Waals surface area contributed by atoms with Crippen molar-refractivity contribution >= 4 is 43.7 Å². The molecule has 2 aromatic heterocycles. The summed E-state index contributed by atoms with van der Waals surface area (Å²) >= 11 is 2.57. The number of hydrogen-bond donors (Lipinski definition) is 2. The van der Waals surface area contributed by atoms with E-state index in [2.05, 4.69) is 20.2 Å². The number of nitrogens with one attached hydrogen (secondary N) is 2. The van der Waals surface area contributed by atoms with E-state index in [0.29, 0.717) is 23.0 Å². The third-order valence-electron chi connectivity index (χ3n) is 2.20. The first-order valence-corrected chi connectivity index (χ1v) is 9.14. The molecule has 0 saturated heterocycles. The van der Waals surface area contributed by atoms with Crippen molar-refractivity contribution in [3.05, 3.63) is 27.4 Å². The van der Waals surface area contributed by atoms with Gasteiger partial charge in [-0.05, 0) is 18.6 Å². The van der Waals surface area contributed by atoms with Gasteiger partial charge in [0.05, 0.1) is 11.1 Å². The molecule has 10 heteroatoms. The summed E-state index contributed by atoms with van der Waals surface area (Å²) in [6.45, 7) is 0.316. The number of hydrogen-bond acceptors (Lipinski definition) is 7. The van der Waals surface area contributed by atoms with Gasteiger partial charge < -0.3 is 0 Å². The first-order chi connectivity index (χ1) is 9.44. The van der Waals surface area contributed by atoms with Crippen LogP contribution >= 0.6 is 22.7 Å². The summed E-state index contributed by atoms with van der Waals surface area (Å²) in [4.78, 5) is 13.4. The monoisotopic (exact) mass is 332 g/mol. The standard InChI is InChI=1S/C10H12N4O3S3/c1-20(16,17)12-5-4-7-2-3-8(19-7)9(15)13-10-14-11-6-18-10/h2-3,6,12H,4-5H2,1H3,(H,13,14,15). The molecular weight excluding hydrogens is 320 g/mol. The number of nitrogens with zero attached hydrogens (tertiary/aromatic N) is 2. The Morgan fingerprint density at radius 3 is 2.85 bits per heavy atom. The van der Waals surface area contributed by atoms with Crippen LogP contribution in [0.1, 0.15) is 14.5 Å². The molecule has 0 saturated carbocycles. The lowest BCUT2D eigenvalue weighted by atomic mass is 10.3. The normalized spacial score (nSPS) is 11.4. The summed E-state index contributed by atoms with van der Waals surface area (Å²) in [6, 6.07) is 3.51. The van der Waals surface area contributed by atoms with Gasteiger partial charge in [0.2, 0.25) is 15.2 Å². The predicted molar refractivity (Wildman–Crippen MR) is 78.7 cm³/mol. The number of thiophene rings is 1. The van der Waals surface area contributed by atoms with E-state index in [-0.39, 0.29) is 5.91 Å². The van der Waals surface area contributed by atoms with E-state index in [4.69, 9.17) is 0 Å². The summed E-state index contributed by atoms with van der Waals surface area (Å²) in [6.07, 6.45) is 1.66. The molecule has 0 aliphatic heterocycles. The molecule has 108 valence electrons. The Morgan fingerprint density at radius 2 is 2.20 bits per heavy atom. The molecule has 0 aromatic carbocycles. The minimum Gasteiger partial charge on any atom is -0.296 e. The molecule has 20 heavy (non-hydrogen) atoms. The molecule has 0 bridgehead atoms. The molecule has 2 heterocycles. The number of carbonyl (C=O) groups is 1. The fourth-order valence-corrected chi connectivity index (χ4v) is 3.20. The van der Waals surface area contributed by atoms with Crippen molar-refractivity contribution in [2.24, 2.45) is 0 Å². The Bertz CT molecular complexity index is 678. The lowest BCUT2D eigenvalue weighted by Crippen LogP contribution is -2.24. The lowest BCUT2D eigenvalue weighted by molar-refractivity contribution is 0.103. The van der Waals surface area contributed by atoms with Gasteiger partial charge in [0, 0.05) is 11.4 Å².